The average molecular weight is 308 g/mol. The number of carbonyl (C=O) groups excluding carboxylic acids is 1. The molecule has 0 amide bonds. The second-order valence-corrected chi connectivity index (χ2v) is 12.4. The number of alkyl halides is 3. The van der Waals surface area contributed by atoms with Crippen LogP contribution in [0.3, 0.4) is 0 Å². The van der Waals surface area contributed by atoms with Crippen molar-refractivity contribution in [1.82, 2.24) is 0 Å². The van der Waals surface area contributed by atoms with E-state index in [1.165, 1.54) is 0 Å². The first-order chi connectivity index (χ1) is 8.70. The number of halogens is 3. The molecule has 116 valence electrons. The summed E-state index contributed by atoms with van der Waals surface area (Å²) in [5.41, 5.74) is -4.21. The zero-order chi connectivity index (χ0) is 15.8. The molecule has 0 aromatic rings. The van der Waals surface area contributed by atoms with Gasteiger partial charge in [0.2, 0.25) is 5.60 Å². The number of Topliss-reactive ketones (excluding diaryl/α,β-unsaturated/α-hetero) is 1. The van der Waals surface area contributed by atoms with E-state index in [1.54, 1.807) is 40.4 Å². The van der Waals surface area contributed by atoms with Gasteiger partial charge in [-0.3, -0.25) is 4.79 Å². The smallest absolute Gasteiger partial charge is 0.398 e. The van der Waals surface area contributed by atoms with Crippen molar-refractivity contribution in [3.63, 3.8) is 0 Å². The number of fused-ring (bicyclic) bond motifs is 2. The molecular formula is C14H23F3O2Si. The highest BCUT2D eigenvalue weighted by Gasteiger charge is 2.82. The van der Waals surface area contributed by atoms with Crippen molar-refractivity contribution in [2.75, 3.05) is 0 Å². The molecule has 2 bridgehead atoms. The highest BCUT2D eigenvalue weighted by atomic mass is 28.4. The zero-order valence-corrected chi connectivity index (χ0v) is 13.9. The van der Waals surface area contributed by atoms with Gasteiger partial charge >= 0.3 is 6.18 Å². The molecule has 1 unspecified atom stereocenters. The number of carbonyl (C=O) groups is 1. The first kappa shape index (κ1) is 16.0. The molecule has 0 heterocycles. The van der Waals surface area contributed by atoms with Crippen LogP contribution < -0.4 is 0 Å². The van der Waals surface area contributed by atoms with Crippen LogP contribution in [-0.2, 0) is 9.22 Å². The molecule has 0 spiro atoms. The number of hydrogen-bond donors (Lipinski definition) is 0. The fraction of sp³-hybridized carbons (Fsp3) is 0.929. The number of rotatable bonds is 2. The van der Waals surface area contributed by atoms with E-state index >= 15 is 0 Å². The molecule has 2 aliphatic carbocycles. The van der Waals surface area contributed by atoms with Gasteiger partial charge in [-0.25, -0.2) is 0 Å². The molecule has 20 heavy (non-hydrogen) atoms. The minimum atomic E-state index is -4.65. The minimum Gasteiger partial charge on any atom is -0.398 e. The SMILES string of the molecule is CC1(C)[C@@H]2CC[C@@]1(C)C(=O)C2(O[Si](C)(C)C)C(F)(F)F. The van der Waals surface area contributed by atoms with Crippen LogP contribution >= 0.6 is 0 Å². The molecule has 3 atom stereocenters. The van der Waals surface area contributed by atoms with E-state index in [0.717, 1.165) is 0 Å². The monoisotopic (exact) mass is 308 g/mol. The molecule has 6 heteroatoms. The van der Waals surface area contributed by atoms with Gasteiger partial charge in [0.25, 0.3) is 0 Å². The summed E-state index contributed by atoms with van der Waals surface area (Å²) in [6.45, 7) is 10.4. The Morgan fingerprint density at radius 3 is 2.00 bits per heavy atom. The topological polar surface area (TPSA) is 26.3 Å². The summed E-state index contributed by atoms with van der Waals surface area (Å²) >= 11 is 0. The Morgan fingerprint density at radius 1 is 1.20 bits per heavy atom. The molecule has 2 nitrogen and oxygen atoms in total. The van der Waals surface area contributed by atoms with Gasteiger partial charge in [0.15, 0.2) is 14.1 Å². The van der Waals surface area contributed by atoms with E-state index in [1.807, 2.05) is 0 Å². The third-order valence-electron chi connectivity index (χ3n) is 5.44. The Hall–Kier alpha value is -0.363. The summed E-state index contributed by atoms with van der Waals surface area (Å²) in [5.74, 6) is -1.53. The maximum Gasteiger partial charge on any atom is 0.423 e. The van der Waals surface area contributed by atoms with Crippen LogP contribution in [-0.4, -0.2) is 25.9 Å². The zero-order valence-electron chi connectivity index (χ0n) is 12.9. The lowest BCUT2D eigenvalue weighted by Gasteiger charge is -2.43. The summed E-state index contributed by atoms with van der Waals surface area (Å²) in [6, 6.07) is 0. The van der Waals surface area contributed by atoms with Crippen molar-refractivity contribution in [3.05, 3.63) is 0 Å². The van der Waals surface area contributed by atoms with Gasteiger partial charge in [0.1, 0.15) is 0 Å². The molecule has 0 N–H and O–H groups in total. The first-order valence-corrected chi connectivity index (χ1v) is 10.4. The van der Waals surface area contributed by atoms with E-state index in [4.69, 9.17) is 4.43 Å². The molecule has 0 aromatic heterocycles. The Morgan fingerprint density at radius 2 is 1.70 bits per heavy atom. The summed E-state index contributed by atoms with van der Waals surface area (Å²) < 4.78 is 47.1. The van der Waals surface area contributed by atoms with E-state index in [0.29, 0.717) is 12.8 Å². The van der Waals surface area contributed by atoms with E-state index in [2.05, 4.69) is 0 Å². The molecule has 0 aliphatic heterocycles. The number of hydrogen-bond acceptors (Lipinski definition) is 2. The second kappa shape index (κ2) is 3.88. The van der Waals surface area contributed by atoms with Crippen LogP contribution in [0.5, 0.6) is 0 Å². The van der Waals surface area contributed by atoms with Crippen LogP contribution in [0.25, 0.3) is 0 Å². The van der Waals surface area contributed by atoms with Crippen molar-refractivity contribution in [3.8, 4) is 0 Å². The normalized spacial score (nSPS) is 40.5. The van der Waals surface area contributed by atoms with Crippen molar-refractivity contribution >= 4 is 14.1 Å². The summed E-state index contributed by atoms with van der Waals surface area (Å²) in [7, 11) is -2.52. The summed E-state index contributed by atoms with van der Waals surface area (Å²) in [5, 5.41) is 0. The number of ketones is 1. The molecule has 0 aromatic carbocycles. The van der Waals surface area contributed by atoms with Crippen molar-refractivity contribution in [2.24, 2.45) is 16.7 Å². The lowest BCUT2D eigenvalue weighted by molar-refractivity contribution is -0.260. The van der Waals surface area contributed by atoms with Gasteiger partial charge < -0.3 is 4.43 Å². The molecule has 2 rings (SSSR count). The first-order valence-electron chi connectivity index (χ1n) is 7.02. The fourth-order valence-corrected chi connectivity index (χ4v) is 5.49. The van der Waals surface area contributed by atoms with Crippen molar-refractivity contribution < 1.29 is 22.4 Å². The van der Waals surface area contributed by atoms with Gasteiger partial charge in [-0.05, 0) is 37.9 Å². The predicted octanol–water partition coefficient (Wildman–Crippen LogP) is 4.16. The van der Waals surface area contributed by atoms with E-state index in [9.17, 15) is 18.0 Å². The maximum atomic E-state index is 13.8. The van der Waals surface area contributed by atoms with Gasteiger partial charge in [-0.1, -0.05) is 20.8 Å². The molecular weight excluding hydrogens is 285 g/mol. The quantitative estimate of drug-likeness (QED) is 0.716. The molecule has 2 saturated carbocycles. The van der Waals surface area contributed by atoms with Crippen LogP contribution in [0.4, 0.5) is 13.2 Å². The molecule has 2 fully saturated rings. The van der Waals surface area contributed by atoms with Crippen LogP contribution in [0.15, 0.2) is 0 Å². The third kappa shape index (κ3) is 1.70. The van der Waals surface area contributed by atoms with Crippen LogP contribution in [0, 0.1) is 16.7 Å². The van der Waals surface area contributed by atoms with Gasteiger partial charge in [-0.2, -0.15) is 13.2 Å². The average Bonchev–Trinajstić information content (AvgIpc) is 2.49. The minimum absolute atomic E-state index is 0.402. The highest BCUT2D eigenvalue weighted by molar-refractivity contribution is 6.70. The van der Waals surface area contributed by atoms with Crippen LogP contribution in [0.2, 0.25) is 19.6 Å². The summed E-state index contributed by atoms with van der Waals surface area (Å²) in [6.07, 6.45) is -3.72. The Bertz CT molecular complexity index is 452. The maximum absolute atomic E-state index is 13.8. The second-order valence-electron chi connectivity index (χ2n) is 7.92. The largest absolute Gasteiger partial charge is 0.423 e. The lowest BCUT2D eigenvalue weighted by atomic mass is 9.70. The van der Waals surface area contributed by atoms with Crippen LogP contribution in [0.1, 0.15) is 33.6 Å². The Kier molecular flexibility index (Phi) is 3.11. The Balaban J connectivity index is 2.64. The molecule has 0 saturated heterocycles. The lowest BCUT2D eigenvalue weighted by Crippen LogP contribution is -2.62. The molecule has 0 radical (unpaired) electrons. The van der Waals surface area contributed by atoms with Gasteiger partial charge in [0, 0.05) is 11.3 Å². The third-order valence-corrected chi connectivity index (χ3v) is 6.38. The highest BCUT2D eigenvalue weighted by Crippen LogP contribution is 2.71. The van der Waals surface area contributed by atoms with Gasteiger partial charge in [0.05, 0.1) is 0 Å². The fourth-order valence-electron chi connectivity index (χ4n) is 4.17. The van der Waals surface area contributed by atoms with E-state index in [-0.39, 0.29) is 0 Å². The standard InChI is InChI=1S/C14H23F3O2Si/c1-11(2)9-7-8-12(11,3)10(18)13(9,14(15,16)17)19-20(4,5)6/h9H,7-8H2,1-6H3/t9-,12-,13?/m0/s1. The van der Waals surface area contributed by atoms with E-state index < -0.39 is 42.6 Å². The van der Waals surface area contributed by atoms with Crippen molar-refractivity contribution in [2.45, 2.75) is 65.0 Å². The Labute approximate surface area is 119 Å². The molecule has 2 aliphatic rings. The summed E-state index contributed by atoms with van der Waals surface area (Å²) in [4.78, 5) is 12.7. The van der Waals surface area contributed by atoms with Gasteiger partial charge in [-0.15, -0.1) is 0 Å². The van der Waals surface area contributed by atoms with Crippen molar-refractivity contribution in [1.29, 1.82) is 0 Å². The predicted molar refractivity (Wildman–Crippen MR) is 72.8 cm³/mol.